The summed E-state index contributed by atoms with van der Waals surface area (Å²) < 4.78 is 35.7. The van der Waals surface area contributed by atoms with Crippen LogP contribution in [-0.2, 0) is 22.5 Å². The van der Waals surface area contributed by atoms with Crippen molar-refractivity contribution in [1.29, 1.82) is 0 Å². The van der Waals surface area contributed by atoms with Gasteiger partial charge in [-0.15, -0.1) is 5.10 Å². The summed E-state index contributed by atoms with van der Waals surface area (Å²) in [6.07, 6.45) is 4.71. The SMILES string of the molecule is COc1c(NC(=O)c2ccc(C)c(-n3cc(-c4cn(C)c(N(C)C)n4)nn3)c2)cc(C(C)(C)C)cc1NS(C)(=O)=O. The quantitative estimate of drug-likeness (QED) is 0.320. The first-order valence-corrected chi connectivity index (χ1v) is 14.7. The third kappa shape index (κ3) is 6.51. The molecule has 0 unspecified atom stereocenters. The molecule has 4 aromatic rings. The molecule has 218 valence electrons. The van der Waals surface area contributed by atoms with E-state index in [4.69, 9.17) is 4.74 Å². The van der Waals surface area contributed by atoms with Crippen LogP contribution in [0.3, 0.4) is 0 Å². The second-order valence-corrected chi connectivity index (χ2v) is 12.9. The Bertz CT molecular complexity index is 1720. The number of nitrogens with one attached hydrogen (secondary N) is 2. The lowest BCUT2D eigenvalue weighted by Crippen LogP contribution is -2.18. The number of hydrogen-bond acceptors (Lipinski definition) is 8. The van der Waals surface area contributed by atoms with E-state index >= 15 is 0 Å². The Hall–Kier alpha value is -4.39. The first-order chi connectivity index (χ1) is 19.1. The minimum Gasteiger partial charge on any atom is -0.492 e. The number of imidazole rings is 1. The van der Waals surface area contributed by atoms with Crippen molar-refractivity contribution in [2.24, 2.45) is 7.05 Å². The molecule has 0 aliphatic carbocycles. The van der Waals surface area contributed by atoms with Crippen LogP contribution in [0.4, 0.5) is 17.3 Å². The molecule has 4 rings (SSSR count). The normalized spacial score (nSPS) is 11.8. The molecule has 1 amide bonds. The van der Waals surface area contributed by atoms with Crippen LogP contribution in [-0.4, -0.2) is 66.3 Å². The van der Waals surface area contributed by atoms with Gasteiger partial charge in [-0.2, -0.15) is 0 Å². The van der Waals surface area contributed by atoms with Gasteiger partial charge in [0.2, 0.25) is 16.0 Å². The average Bonchev–Trinajstić information content (AvgIpc) is 3.49. The summed E-state index contributed by atoms with van der Waals surface area (Å²) >= 11 is 0. The second-order valence-electron chi connectivity index (χ2n) is 11.2. The largest absolute Gasteiger partial charge is 0.492 e. The van der Waals surface area contributed by atoms with Crippen molar-refractivity contribution in [3.63, 3.8) is 0 Å². The predicted octanol–water partition coefficient (Wildman–Crippen LogP) is 3.97. The Morgan fingerprint density at radius 3 is 2.32 bits per heavy atom. The molecule has 0 aliphatic rings. The maximum Gasteiger partial charge on any atom is 0.255 e. The second kappa shape index (κ2) is 10.9. The van der Waals surface area contributed by atoms with Crippen molar-refractivity contribution >= 4 is 33.3 Å². The number of sulfonamides is 1. The Morgan fingerprint density at radius 1 is 1.05 bits per heavy atom. The molecule has 0 aliphatic heterocycles. The molecule has 0 atom stereocenters. The molecule has 12 nitrogen and oxygen atoms in total. The highest BCUT2D eigenvalue weighted by Gasteiger charge is 2.23. The zero-order chi connectivity index (χ0) is 30.3. The highest BCUT2D eigenvalue weighted by Crippen LogP contribution is 2.39. The van der Waals surface area contributed by atoms with E-state index in [0.717, 1.165) is 23.3 Å². The molecule has 0 spiro atoms. The van der Waals surface area contributed by atoms with Gasteiger partial charge in [-0.3, -0.25) is 9.52 Å². The smallest absolute Gasteiger partial charge is 0.255 e. The number of hydrogen-bond donors (Lipinski definition) is 2. The monoisotopic (exact) mass is 580 g/mol. The summed E-state index contributed by atoms with van der Waals surface area (Å²) in [7, 11) is 3.57. The van der Waals surface area contributed by atoms with Crippen molar-refractivity contribution in [3.8, 4) is 22.8 Å². The molecule has 0 radical (unpaired) electrons. The predicted molar refractivity (Wildman–Crippen MR) is 161 cm³/mol. The van der Waals surface area contributed by atoms with E-state index in [0.29, 0.717) is 28.3 Å². The number of carbonyl (C=O) groups excluding carboxylic acids is 1. The molecule has 2 aromatic heterocycles. The maximum absolute atomic E-state index is 13.5. The molecule has 0 fully saturated rings. The van der Waals surface area contributed by atoms with Gasteiger partial charge < -0.3 is 19.5 Å². The summed E-state index contributed by atoms with van der Waals surface area (Å²) in [6.45, 7) is 7.91. The lowest BCUT2D eigenvalue weighted by atomic mass is 9.86. The van der Waals surface area contributed by atoms with E-state index in [2.05, 4.69) is 25.3 Å². The number of ether oxygens (including phenoxy) is 1. The Labute approximate surface area is 240 Å². The molecule has 13 heteroatoms. The number of anilines is 3. The van der Waals surface area contributed by atoms with Crippen molar-refractivity contribution in [2.75, 3.05) is 42.4 Å². The van der Waals surface area contributed by atoms with Gasteiger partial charge >= 0.3 is 0 Å². The van der Waals surface area contributed by atoms with Gasteiger partial charge in [0.05, 0.1) is 36.6 Å². The molecule has 0 saturated carbocycles. The Balaban J connectivity index is 1.69. The van der Waals surface area contributed by atoms with Gasteiger partial charge in [0.25, 0.3) is 5.91 Å². The third-order valence-corrected chi connectivity index (χ3v) is 7.02. The summed E-state index contributed by atoms with van der Waals surface area (Å²) in [6, 6.07) is 8.77. The minimum absolute atomic E-state index is 0.206. The fraction of sp³-hybridized carbons (Fsp3) is 0.357. The first-order valence-electron chi connectivity index (χ1n) is 12.8. The Kier molecular flexibility index (Phi) is 7.85. The van der Waals surface area contributed by atoms with Crippen LogP contribution in [0.2, 0.25) is 0 Å². The van der Waals surface area contributed by atoms with Gasteiger partial charge in [0.1, 0.15) is 11.4 Å². The standard InChI is InChI=1S/C28H36N8O4S/c1-17-10-11-18(12-24(17)36-16-23(31-33-36)22-15-35(7)27(30-22)34(5)6)26(37)29-20-13-19(28(2,3)4)14-21(25(20)40-8)32-41(9,38)39/h10-16,32H,1-9H3,(H,29,37). The third-order valence-electron chi connectivity index (χ3n) is 6.43. The van der Waals surface area contributed by atoms with Crippen LogP contribution < -0.4 is 19.7 Å². The number of rotatable bonds is 8. The molecule has 2 N–H and O–H groups in total. The van der Waals surface area contributed by atoms with E-state index in [1.807, 2.05) is 70.6 Å². The van der Waals surface area contributed by atoms with E-state index in [-0.39, 0.29) is 16.9 Å². The summed E-state index contributed by atoms with van der Waals surface area (Å²) in [4.78, 5) is 20.0. The minimum atomic E-state index is -3.60. The van der Waals surface area contributed by atoms with Crippen LogP contribution in [0, 0.1) is 6.92 Å². The van der Waals surface area contributed by atoms with Gasteiger partial charge in [-0.25, -0.2) is 18.1 Å². The van der Waals surface area contributed by atoms with Crippen molar-refractivity contribution in [2.45, 2.75) is 33.1 Å². The zero-order valence-corrected chi connectivity index (χ0v) is 25.6. The molecule has 2 heterocycles. The van der Waals surface area contributed by atoms with E-state index < -0.39 is 15.9 Å². The van der Waals surface area contributed by atoms with E-state index in [9.17, 15) is 13.2 Å². The van der Waals surface area contributed by atoms with Crippen LogP contribution in [0.1, 0.15) is 42.3 Å². The highest BCUT2D eigenvalue weighted by molar-refractivity contribution is 7.92. The lowest BCUT2D eigenvalue weighted by molar-refractivity contribution is 0.102. The first kappa shape index (κ1) is 29.6. The molecular formula is C28H36N8O4S. The topological polar surface area (TPSA) is 136 Å². The molecule has 0 saturated heterocycles. The molecular weight excluding hydrogens is 544 g/mol. The number of aryl methyl sites for hydroxylation is 2. The number of methoxy groups -OCH3 is 1. The fourth-order valence-electron chi connectivity index (χ4n) is 4.34. The number of amides is 1. The zero-order valence-electron chi connectivity index (χ0n) is 24.8. The van der Waals surface area contributed by atoms with E-state index in [1.165, 1.54) is 7.11 Å². The van der Waals surface area contributed by atoms with Gasteiger partial charge in [0.15, 0.2) is 5.75 Å². The van der Waals surface area contributed by atoms with Crippen molar-refractivity contribution in [1.82, 2.24) is 24.5 Å². The summed E-state index contributed by atoms with van der Waals surface area (Å²) in [5.41, 5.74) is 4.27. The molecule has 2 aromatic carbocycles. The van der Waals surface area contributed by atoms with Crippen LogP contribution in [0.25, 0.3) is 17.1 Å². The summed E-state index contributed by atoms with van der Waals surface area (Å²) in [5.74, 6) is 0.587. The number of aromatic nitrogens is 5. The van der Waals surface area contributed by atoms with Gasteiger partial charge in [-0.05, 0) is 47.7 Å². The molecule has 41 heavy (non-hydrogen) atoms. The maximum atomic E-state index is 13.5. The number of nitrogens with zero attached hydrogens (tertiary/aromatic N) is 6. The molecule has 0 bridgehead atoms. The van der Waals surface area contributed by atoms with Gasteiger partial charge in [-0.1, -0.05) is 32.1 Å². The Morgan fingerprint density at radius 2 is 1.73 bits per heavy atom. The summed E-state index contributed by atoms with van der Waals surface area (Å²) in [5, 5.41) is 11.5. The van der Waals surface area contributed by atoms with Crippen LogP contribution in [0.15, 0.2) is 42.7 Å². The number of carbonyl (C=O) groups is 1. The average molecular weight is 581 g/mol. The fourth-order valence-corrected chi connectivity index (χ4v) is 4.89. The van der Waals surface area contributed by atoms with E-state index in [1.54, 1.807) is 35.1 Å². The van der Waals surface area contributed by atoms with Crippen LogP contribution >= 0.6 is 0 Å². The number of benzene rings is 2. The van der Waals surface area contributed by atoms with Gasteiger partial charge in [0, 0.05) is 32.9 Å². The van der Waals surface area contributed by atoms with Crippen molar-refractivity contribution < 1.29 is 17.9 Å². The van der Waals surface area contributed by atoms with Crippen molar-refractivity contribution in [3.05, 3.63) is 59.4 Å². The lowest BCUT2D eigenvalue weighted by Gasteiger charge is -2.24. The van der Waals surface area contributed by atoms with Crippen LogP contribution in [0.5, 0.6) is 5.75 Å². The highest BCUT2D eigenvalue weighted by atomic mass is 32.2.